The highest BCUT2D eigenvalue weighted by atomic mass is 16.2. The Morgan fingerprint density at radius 3 is 2.69 bits per heavy atom. The van der Waals surface area contributed by atoms with Gasteiger partial charge in [0.25, 0.3) is 0 Å². The number of rotatable bonds is 7. The van der Waals surface area contributed by atoms with Crippen LogP contribution in [-0.2, 0) is 4.79 Å². The van der Waals surface area contributed by atoms with E-state index in [1.54, 1.807) is 0 Å². The summed E-state index contributed by atoms with van der Waals surface area (Å²) in [6.07, 6.45) is 7.36. The normalized spacial score (nSPS) is 22.9. The first-order valence-electron chi connectivity index (χ1n) is 11.2. The van der Waals surface area contributed by atoms with Crippen molar-refractivity contribution in [3.63, 3.8) is 0 Å². The summed E-state index contributed by atoms with van der Waals surface area (Å²) in [6.45, 7) is 6.64. The van der Waals surface area contributed by atoms with Crippen molar-refractivity contribution in [2.75, 3.05) is 38.0 Å². The molecule has 0 saturated carbocycles. The molecule has 3 rings (SSSR count). The molecule has 6 nitrogen and oxygen atoms in total. The molecule has 0 bridgehead atoms. The minimum Gasteiger partial charge on any atom is -0.355 e. The van der Waals surface area contributed by atoms with Gasteiger partial charge in [-0.25, -0.2) is 4.79 Å². The van der Waals surface area contributed by atoms with Crippen LogP contribution in [0.25, 0.3) is 0 Å². The SMILES string of the molecule is CC1CCCCN1CCNC(=O)CCC1CCCN(C(=O)Nc2ccccc2)C1. The number of amides is 3. The number of hydrogen-bond donors (Lipinski definition) is 2. The first-order valence-corrected chi connectivity index (χ1v) is 11.2. The van der Waals surface area contributed by atoms with Gasteiger partial charge in [0.05, 0.1) is 0 Å². The van der Waals surface area contributed by atoms with Gasteiger partial charge >= 0.3 is 6.03 Å². The number of urea groups is 1. The standard InChI is InChI=1S/C23H36N4O2/c1-19-8-5-6-15-26(19)17-14-24-22(28)13-12-20-9-7-16-27(18-20)23(29)25-21-10-3-2-4-11-21/h2-4,10-11,19-20H,5-9,12-18H2,1H3,(H,24,28)(H,25,29). The summed E-state index contributed by atoms with van der Waals surface area (Å²) in [5, 5.41) is 6.05. The molecule has 160 valence electrons. The molecule has 1 aromatic rings. The van der Waals surface area contributed by atoms with Crippen LogP contribution in [0.4, 0.5) is 10.5 Å². The second kappa shape index (κ2) is 11.2. The molecule has 29 heavy (non-hydrogen) atoms. The molecule has 2 heterocycles. The number of anilines is 1. The van der Waals surface area contributed by atoms with Crippen molar-refractivity contribution in [1.29, 1.82) is 0 Å². The van der Waals surface area contributed by atoms with Crippen LogP contribution in [0.3, 0.4) is 0 Å². The van der Waals surface area contributed by atoms with Gasteiger partial charge in [-0.2, -0.15) is 0 Å². The second-order valence-electron chi connectivity index (χ2n) is 8.52. The molecule has 0 radical (unpaired) electrons. The number of piperidine rings is 2. The highest BCUT2D eigenvalue weighted by Crippen LogP contribution is 2.22. The monoisotopic (exact) mass is 400 g/mol. The van der Waals surface area contributed by atoms with E-state index in [-0.39, 0.29) is 11.9 Å². The third-order valence-corrected chi connectivity index (χ3v) is 6.27. The van der Waals surface area contributed by atoms with Crippen molar-refractivity contribution >= 4 is 17.6 Å². The Kier molecular flexibility index (Phi) is 8.35. The Balaban J connectivity index is 1.33. The van der Waals surface area contributed by atoms with Crippen LogP contribution in [0.1, 0.15) is 51.9 Å². The summed E-state index contributed by atoms with van der Waals surface area (Å²) >= 11 is 0. The lowest BCUT2D eigenvalue weighted by atomic mass is 9.93. The largest absolute Gasteiger partial charge is 0.355 e. The van der Waals surface area contributed by atoms with Gasteiger partial charge < -0.3 is 15.5 Å². The fourth-order valence-corrected chi connectivity index (χ4v) is 4.46. The average molecular weight is 401 g/mol. The van der Waals surface area contributed by atoms with Crippen molar-refractivity contribution in [3.05, 3.63) is 30.3 Å². The van der Waals surface area contributed by atoms with Crippen molar-refractivity contribution in [2.45, 2.75) is 57.9 Å². The van der Waals surface area contributed by atoms with Crippen LogP contribution in [0.5, 0.6) is 0 Å². The topological polar surface area (TPSA) is 64.7 Å². The van der Waals surface area contributed by atoms with Gasteiger partial charge in [0.1, 0.15) is 0 Å². The molecular formula is C23H36N4O2. The van der Waals surface area contributed by atoms with Gasteiger partial charge in [0.15, 0.2) is 0 Å². The predicted molar refractivity (Wildman–Crippen MR) is 117 cm³/mol. The number of benzene rings is 1. The molecule has 2 N–H and O–H groups in total. The highest BCUT2D eigenvalue weighted by molar-refractivity contribution is 5.89. The Hall–Kier alpha value is -2.08. The van der Waals surface area contributed by atoms with E-state index in [2.05, 4.69) is 22.5 Å². The summed E-state index contributed by atoms with van der Waals surface area (Å²) in [5.74, 6) is 0.540. The molecule has 3 amide bonds. The van der Waals surface area contributed by atoms with E-state index in [9.17, 15) is 9.59 Å². The zero-order chi connectivity index (χ0) is 20.5. The Bertz CT molecular complexity index is 652. The number of carbonyl (C=O) groups is 2. The van der Waals surface area contributed by atoms with Crippen LogP contribution in [-0.4, -0.2) is 60.5 Å². The number of nitrogens with zero attached hydrogens (tertiary/aromatic N) is 2. The number of carbonyl (C=O) groups excluding carboxylic acids is 2. The number of nitrogens with one attached hydrogen (secondary N) is 2. The minimum absolute atomic E-state index is 0.0407. The van der Waals surface area contributed by atoms with E-state index in [0.717, 1.165) is 57.7 Å². The molecule has 0 aliphatic carbocycles. The molecule has 2 atom stereocenters. The molecule has 6 heteroatoms. The van der Waals surface area contributed by atoms with E-state index in [4.69, 9.17) is 0 Å². The molecule has 2 fully saturated rings. The van der Waals surface area contributed by atoms with E-state index < -0.39 is 0 Å². The summed E-state index contributed by atoms with van der Waals surface area (Å²) in [5.41, 5.74) is 0.821. The quantitative estimate of drug-likeness (QED) is 0.733. The van der Waals surface area contributed by atoms with Gasteiger partial charge in [-0.15, -0.1) is 0 Å². The summed E-state index contributed by atoms with van der Waals surface area (Å²) < 4.78 is 0. The van der Waals surface area contributed by atoms with E-state index in [1.165, 1.54) is 19.3 Å². The first-order chi connectivity index (χ1) is 14.1. The molecule has 2 unspecified atom stereocenters. The van der Waals surface area contributed by atoms with Gasteiger partial charge in [0.2, 0.25) is 5.91 Å². The zero-order valence-corrected chi connectivity index (χ0v) is 17.7. The number of hydrogen-bond acceptors (Lipinski definition) is 3. The van der Waals surface area contributed by atoms with Crippen LogP contribution in [0.2, 0.25) is 0 Å². The smallest absolute Gasteiger partial charge is 0.321 e. The average Bonchev–Trinajstić information content (AvgIpc) is 2.74. The number of para-hydroxylation sites is 1. The van der Waals surface area contributed by atoms with Crippen molar-refractivity contribution in [2.24, 2.45) is 5.92 Å². The Morgan fingerprint density at radius 2 is 1.90 bits per heavy atom. The maximum atomic E-state index is 12.5. The molecule has 0 spiro atoms. The lowest BCUT2D eigenvalue weighted by molar-refractivity contribution is -0.121. The van der Waals surface area contributed by atoms with Gasteiger partial charge in [-0.1, -0.05) is 24.6 Å². The van der Waals surface area contributed by atoms with E-state index in [0.29, 0.717) is 18.4 Å². The van der Waals surface area contributed by atoms with E-state index >= 15 is 0 Å². The molecule has 1 aromatic carbocycles. The third-order valence-electron chi connectivity index (χ3n) is 6.27. The molecule has 2 saturated heterocycles. The van der Waals surface area contributed by atoms with Crippen molar-refractivity contribution in [1.82, 2.24) is 15.1 Å². The number of likely N-dealkylation sites (tertiary alicyclic amines) is 2. The van der Waals surface area contributed by atoms with Gasteiger partial charge in [0, 0.05) is 44.3 Å². The van der Waals surface area contributed by atoms with Gasteiger partial charge in [-0.3, -0.25) is 9.69 Å². The Labute approximate surface area is 175 Å². The van der Waals surface area contributed by atoms with Crippen molar-refractivity contribution < 1.29 is 9.59 Å². The van der Waals surface area contributed by atoms with Crippen LogP contribution in [0.15, 0.2) is 30.3 Å². The zero-order valence-electron chi connectivity index (χ0n) is 17.7. The predicted octanol–water partition coefficient (Wildman–Crippen LogP) is 3.70. The fraction of sp³-hybridized carbons (Fsp3) is 0.652. The first kappa shape index (κ1) is 21.6. The summed E-state index contributed by atoms with van der Waals surface area (Å²) in [6, 6.07) is 10.2. The van der Waals surface area contributed by atoms with E-state index in [1.807, 2.05) is 35.2 Å². The minimum atomic E-state index is -0.0407. The van der Waals surface area contributed by atoms with Crippen LogP contribution >= 0.6 is 0 Å². The highest BCUT2D eigenvalue weighted by Gasteiger charge is 2.24. The van der Waals surface area contributed by atoms with Crippen molar-refractivity contribution in [3.8, 4) is 0 Å². The maximum absolute atomic E-state index is 12.5. The lowest BCUT2D eigenvalue weighted by Gasteiger charge is -2.33. The van der Waals surface area contributed by atoms with Crippen LogP contribution in [0, 0.1) is 5.92 Å². The third kappa shape index (κ3) is 7.03. The molecule has 2 aliphatic rings. The second-order valence-corrected chi connectivity index (χ2v) is 8.52. The summed E-state index contributed by atoms with van der Waals surface area (Å²) in [4.78, 5) is 29.1. The lowest BCUT2D eigenvalue weighted by Crippen LogP contribution is -2.43. The van der Waals surface area contributed by atoms with Crippen LogP contribution < -0.4 is 10.6 Å². The maximum Gasteiger partial charge on any atom is 0.321 e. The molecule has 2 aliphatic heterocycles. The molecular weight excluding hydrogens is 364 g/mol. The molecule has 0 aromatic heterocycles. The van der Waals surface area contributed by atoms with Gasteiger partial charge in [-0.05, 0) is 63.6 Å². The summed E-state index contributed by atoms with van der Waals surface area (Å²) in [7, 11) is 0. The Morgan fingerprint density at radius 1 is 1.07 bits per heavy atom. The fourth-order valence-electron chi connectivity index (χ4n) is 4.46.